The van der Waals surface area contributed by atoms with E-state index in [4.69, 9.17) is 5.73 Å². The van der Waals surface area contributed by atoms with E-state index < -0.39 is 0 Å². The maximum atomic E-state index is 12.0. The zero-order valence-electron chi connectivity index (χ0n) is 11.2. The summed E-state index contributed by atoms with van der Waals surface area (Å²) in [5.41, 5.74) is 5.43. The Balaban J connectivity index is 0.00000256. The number of hydrogen-bond acceptors (Lipinski definition) is 2. The first-order valence-corrected chi connectivity index (χ1v) is 6.68. The van der Waals surface area contributed by atoms with Crippen LogP contribution in [0.3, 0.4) is 0 Å². The molecule has 1 amide bonds. The molecular weight excluding hydrogens is 236 g/mol. The van der Waals surface area contributed by atoms with Crippen molar-refractivity contribution >= 4 is 18.3 Å². The van der Waals surface area contributed by atoms with Crippen LogP contribution in [0.1, 0.15) is 58.8 Å². The molecule has 1 aliphatic rings. The Kier molecular flexibility index (Phi) is 8.61. The van der Waals surface area contributed by atoms with Gasteiger partial charge in [-0.3, -0.25) is 4.79 Å². The normalized spacial score (nSPS) is 14.6. The van der Waals surface area contributed by atoms with Crippen molar-refractivity contribution in [1.82, 2.24) is 4.90 Å². The molecule has 102 valence electrons. The van der Waals surface area contributed by atoms with Gasteiger partial charge in [0.25, 0.3) is 0 Å². The van der Waals surface area contributed by atoms with Crippen LogP contribution in [0.15, 0.2) is 0 Å². The van der Waals surface area contributed by atoms with E-state index in [0.717, 1.165) is 38.6 Å². The predicted molar refractivity (Wildman–Crippen MR) is 74.4 cm³/mol. The number of carbonyl (C=O) groups is 1. The first-order chi connectivity index (χ1) is 7.66. The average Bonchev–Trinajstić information content (AvgIpc) is 3.01. The zero-order valence-corrected chi connectivity index (χ0v) is 12.0. The summed E-state index contributed by atoms with van der Waals surface area (Å²) in [6, 6.07) is 0.917. The molecule has 0 bridgehead atoms. The minimum absolute atomic E-state index is 0. The molecule has 1 rings (SSSR count). The van der Waals surface area contributed by atoms with Crippen LogP contribution in [0.4, 0.5) is 0 Å². The highest BCUT2D eigenvalue weighted by atomic mass is 35.5. The van der Waals surface area contributed by atoms with Gasteiger partial charge in [-0.25, -0.2) is 0 Å². The molecule has 0 saturated heterocycles. The Hall–Kier alpha value is -0.280. The summed E-state index contributed by atoms with van der Waals surface area (Å²) >= 11 is 0. The van der Waals surface area contributed by atoms with Crippen LogP contribution < -0.4 is 5.73 Å². The van der Waals surface area contributed by atoms with Gasteiger partial charge < -0.3 is 10.6 Å². The fourth-order valence-corrected chi connectivity index (χ4v) is 2.17. The van der Waals surface area contributed by atoms with Crippen molar-refractivity contribution in [2.24, 2.45) is 5.73 Å². The molecule has 0 heterocycles. The lowest BCUT2D eigenvalue weighted by Gasteiger charge is -2.26. The van der Waals surface area contributed by atoms with Gasteiger partial charge in [-0.05, 0) is 46.1 Å². The highest BCUT2D eigenvalue weighted by molar-refractivity contribution is 5.85. The van der Waals surface area contributed by atoms with E-state index in [1.54, 1.807) is 0 Å². The van der Waals surface area contributed by atoms with Crippen LogP contribution in [0.5, 0.6) is 0 Å². The lowest BCUT2D eigenvalue weighted by atomic mass is 10.1. The molecule has 0 aliphatic heterocycles. The summed E-state index contributed by atoms with van der Waals surface area (Å²) in [7, 11) is 0. The van der Waals surface area contributed by atoms with Gasteiger partial charge in [-0.2, -0.15) is 0 Å². The number of halogens is 1. The van der Waals surface area contributed by atoms with E-state index in [9.17, 15) is 4.79 Å². The second-order valence-electron chi connectivity index (χ2n) is 5.08. The van der Waals surface area contributed by atoms with Gasteiger partial charge in [-0.1, -0.05) is 12.8 Å². The van der Waals surface area contributed by atoms with Crippen LogP contribution in [0.25, 0.3) is 0 Å². The summed E-state index contributed by atoms with van der Waals surface area (Å²) in [6.45, 7) is 5.00. The molecule has 1 saturated carbocycles. The zero-order chi connectivity index (χ0) is 12.0. The summed E-state index contributed by atoms with van der Waals surface area (Å²) < 4.78 is 0. The van der Waals surface area contributed by atoms with Crippen LogP contribution >= 0.6 is 12.4 Å². The quantitative estimate of drug-likeness (QED) is 0.684. The summed E-state index contributed by atoms with van der Waals surface area (Å²) in [5, 5.41) is 0. The summed E-state index contributed by atoms with van der Waals surface area (Å²) in [6.07, 6.45) is 7.54. The van der Waals surface area contributed by atoms with Crippen molar-refractivity contribution in [2.75, 3.05) is 6.54 Å². The van der Waals surface area contributed by atoms with Crippen molar-refractivity contribution in [2.45, 2.75) is 70.9 Å². The second-order valence-corrected chi connectivity index (χ2v) is 5.08. The Morgan fingerprint density at radius 2 is 1.82 bits per heavy atom. The molecule has 3 nitrogen and oxygen atoms in total. The van der Waals surface area contributed by atoms with Gasteiger partial charge in [0.1, 0.15) is 0 Å². The molecule has 0 aromatic rings. The molecule has 0 aromatic heterocycles. The van der Waals surface area contributed by atoms with E-state index in [2.05, 4.69) is 18.7 Å². The molecule has 1 aliphatic carbocycles. The van der Waals surface area contributed by atoms with Crippen molar-refractivity contribution in [3.05, 3.63) is 0 Å². The summed E-state index contributed by atoms with van der Waals surface area (Å²) in [4.78, 5) is 14.1. The Morgan fingerprint density at radius 3 is 2.29 bits per heavy atom. The van der Waals surface area contributed by atoms with Gasteiger partial charge in [0.05, 0.1) is 0 Å². The van der Waals surface area contributed by atoms with E-state index in [1.807, 2.05) is 0 Å². The molecular formula is C13H27ClN2O. The number of nitrogens with zero attached hydrogens (tertiary/aromatic N) is 1. The average molecular weight is 263 g/mol. The Morgan fingerprint density at radius 1 is 1.24 bits per heavy atom. The standard InChI is InChI=1S/C13H26N2O.ClH/c1-11(2)15(12-8-9-12)13(16)7-5-3-4-6-10-14;/h11-12H,3-10,14H2,1-2H3;1H. The van der Waals surface area contributed by atoms with Gasteiger partial charge in [0, 0.05) is 18.5 Å². The van der Waals surface area contributed by atoms with Crippen LogP contribution in [0.2, 0.25) is 0 Å². The smallest absolute Gasteiger partial charge is 0.223 e. The van der Waals surface area contributed by atoms with Crippen LogP contribution in [0, 0.1) is 0 Å². The van der Waals surface area contributed by atoms with Crippen molar-refractivity contribution in [3.8, 4) is 0 Å². The Bertz CT molecular complexity index is 215. The number of rotatable bonds is 8. The fourth-order valence-electron chi connectivity index (χ4n) is 2.17. The van der Waals surface area contributed by atoms with E-state index in [-0.39, 0.29) is 12.4 Å². The molecule has 0 aromatic carbocycles. The predicted octanol–water partition coefficient (Wildman–Crippen LogP) is 2.72. The van der Waals surface area contributed by atoms with E-state index >= 15 is 0 Å². The SMILES string of the molecule is CC(C)N(C(=O)CCCCCCN)C1CC1.Cl. The van der Waals surface area contributed by atoms with Gasteiger partial charge in [-0.15, -0.1) is 12.4 Å². The number of amides is 1. The third-order valence-corrected chi connectivity index (χ3v) is 3.13. The molecule has 0 atom stereocenters. The lowest BCUT2D eigenvalue weighted by molar-refractivity contribution is -0.133. The van der Waals surface area contributed by atoms with E-state index in [0.29, 0.717) is 18.0 Å². The maximum Gasteiger partial charge on any atom is 0.223 e. The van der Waals surface area contributed by atoms with Crippen molar-refractivity contribution < 1.29 is 4.79 Å². The van der Waals surface area contributed by atoms with Gasteiger partial charge in [0.2, 0.25) is 5.91 Å². The first kappa shape index (κ1) is 16.7. The molecule has 0 unspecified atom stereocenters. The van der Waals surface area contributed by atoms with Crippen LogP contribution in [-0.2, 0) is 4.79 Å². The highest BCUT2D eigenvalue weighted by Gasteiger charge is 2.33. The largest absolute Gasteiger partial charge is 0.337 e. The third-order valence-electron chi connectivity index (χ3n) is 3.13. The maximum absolute atomic E-state index is 12.0. The lowest BCUT2D eigenvalue weighted by Crippen LogP contribution is -2.38. The van der Waals surface area contributed by atoms with Gasteiger partial charge in [0.15, 0.2) is 0 Å². The minimum atomic E-state index is 0. The molecule has 0 spiro atoms. The van der Waals surface area contributed by atoms with E-state index in [1.165, 1.54) is 12.8 Å². The third kappa shape index (κ3) is 6.27. The number of nitrogens with two attached hydrogens (primary N) is 1. The minimum Gasteiger partial charge on any atom is -0.337 e. The molecule has 0 radical (unpaired) electrons. The highest BCUT2D eigenvalue weighted by Crippen LogP contribution is 2.29. The van der Waals surface area contributed by atoms with Crippen molar-refractivity contribution in [1.29, 1.82) is 0 Å². The molecule has 1 fully saturated rings. The fraction of sp³-hybridized carbons (Fsp3) is 0.923. The summed E-state index contributed by atoms with van der Waals surface area (Å²) in [5.74, 6) is 0.352. The molecule has 4 heteroatoms. The number of hydrogen-bond donors (Lipinski definition) is 1. The van der Waals surface area contributed by atoms with Gasteiger partial charge >= 0.3 is 0 Å². The number of carbonyl (C=O) groups excluding carboxylic acids is 1. The Labute approximate surface area is 112 Å². The first-order valence-electron chi connectivity index (χ1n) is 6.68. The van der Waals surface area contributed by atoms with Crippen LogP contribution in [-0.4, -0.2) is 29.4 Å². The monoisotopic (exact) mass is 262 g/mol. The molecule has 17 heavy (non-hydrogen) atoms. The second kappa shape index (κ2) is 8.76. The van der Waals surface area contributed by atoms with Crippen molar-refractivity contribution in [3.63, 3.8) is 0 Å². The number of unbranched alkanes of at least 4 members (excludes halogenated alkanes) is 3. The molecule has 2 N–H and O–H groups in total. The topological polar surface area (TPSA) is 46.3 Å².